The van der Waals surface area contributed by atoms with Gasteiger partial charge in [0, 0.05) is 6.42 Å². The molecule has 5 nitrogen and oxygen atoms in total. The SMILES string of the molecule is N#Cc1ccccc1C[C@@H](NC(=O)c1ccccc1C(F)(F)F)C(N)=O. The van der Waals surface area contributed by atoms with Crippen LogP contribution in [0.5, 0.6) is 0 Å². The first-order chi connectivity index (χ1) is 12.2. The number of nitriles is 1. The lowest BCUT2D eigenvalue weighted by molar-refractivity contribution is -0.137. The number of amides is 2. The van der Waals surface area contributed by atoms with Gasteiger partial charge >= 0.3 is 6.18 Å². The second-order valence-electron chi connectivity index (χ2n) is 5.44. The molecule has 0 aliphatic rings. The number of carbonyl (C=O) groups excluding carboxylic acids is 2. The Kier molecular flexibility index (Phi) is 5.62. The number of carbonyl (C=O) groups is 2. The molecule has 0 aliphatic heterocycles. The monoisotopic (exact) mass is 361 g/mol. The third kappa shape index (κ3) is 4.39. The van der Waals surface area contributed by atoms with Crippen molar-refractivity contribution in [2.75, 3.05) is 0 Å². The minimum atomic E-state index is -4.72. The van der Waals surface area contributed by atoms with Crippen LogP contribution in [0.3, 0.4) is 0 Å². The third-order valence-corrected chi connectivity index (χ3v) is 3.69. The highest BCUT2D eigenvalue weighted by Crippen LogP contribution is 2.31. The van der Waals surface area contributed by atoms with Crippen LogP contribution in [0.2, 0.25) is 0 Å². The minimum absolute atomic E-state index is 0.112. The van der Waals surface area contributed by atoms with Gasteiger partial charge in [-0.05, 0) is 23.8 Å². The molecule has 8 heteroatoms. The number of hydrogen-bond donors (Lipinski definition) is 2. The van der Waals surface area contributed by atoms with Crippen LogP contribution in [-0.4, -0.2) is 17.9 Å². The average molecular weight is 361 g/mol. The van der Waals surface area contributed by atoms with Gasteiger partial charge < -0.3 is 11.1 Å². The summed E-state index contributed by atoms with van der Waals surface area (Å²) >= 11 is 0. The smallest absolute Gasteiger partial charge is 0.368 e. The first-order valence-electron chi connectivity index (χ1n) is 7.48. The molecule has 3 N–H and O–H groups in total. The van der Waals surface area contributed by atoms with Crippen molar-refractivity contribution in [2.24, 2.45) is 5.73 Å². The Hall–Kier alpha value is -3.34. The fourth-order valence-corrected chi connectivity index (χ4v) is 2.41. The molecule has 2 rings (SSSR count). The maximum Gasteiger partial charge on any atom is 0.417 e. The number of alkyl halides is 3. The van der Waals surface area contributed by atoms with Gasteiger partial charge in [0.05, 0.1) is 22.8 Å². The Labute approximate surface area is 147 Å². The molecular weight excluding hydrogens is 347 g/mol. The average Bonchev–Trinajstić information content (AvgIpc) is 2.60. The van der Waals surface area contributed by atoms with Crippen LogP contribution in [0.15, 0.2) is 48.5 Å². The van der Waals surface area contributed by atoms with Crippen molar-refractivity contribution in [1.29, 1.82) is 5.26 Å². The highest BCUT2D eigenvalue weighted by atomic mass is 19.4. The molecule has 0 saturated heterocycles. The van der Waals surface area contributed by atoms with Crippen LogP contribution in [-0.2, 0) is 17.4 Å². The van der Waals surface area contributed by atoms with Crippen molar-refractivity contribution in [3.8, 4) is 6.07 Å². The van der Waals surface area contributed by atoms with Gasteiger partial charge in [-0.25, -0.2) is 0 Å². The predicted molar refractivity (Wildman–Crippen MR) is 86.8 cm³/mol. The van der Waals surface area contributed by atoms with E-state index in [1.807, 2.05) is 6.07 Å². The lowest BCUT2D eigenvalue weighted by atomic mass is 9.99. The Morgan fingerprint density at radius 3 is 2.35 bits per heavy atom. The van der Waals surface area contributed by atoms with Crippen LogP contribution >= 0.6 is 0 Å². The van der Waals surface area contributed by atoms with Crippen molar-refractivity contribution < 1.29 is 22.8 Å². The third-order valence-electron chi connectivity index (χ3n) is 3.69. The summed E-state index contributed by atoms with van der Waals surface area (Å²) < 4.78 is 39.1. The quantitative estimate of drug-likeness (QED) is 0.856. The zero-order valence-corrected chi connectivity index (χ0v) is 13.4. The van der Waals surface area contributed by atoms with Gasteiger partial charge in [-0.2, -0.15) is 18.4 Å². The summed E-state index contributed by atoms with van der Waals surface area (Å²) in [5.74, 6) is -1.99. The summed E-state index contributed by atoms with van der Waals surface area (Å²) in [6.45, 7) is 0. The van der Waals surface area contributed by atoms with E-state index < -0.39 is 35.2 Å². The molecule has 2 amide bonds. The normalized spacial score (nSPS) is 12.1. The van der Waals surface area contributed by atoms with Crippen molar-refractivity contribution in [1.82, 2.24) is 5.32 Å². The number of nitrogens with zero attached hydrogens (tertiary/aromatic N) is 1. The molecule has 0 radical (unpaired) electrons. The highest BCUT2D eigenvalue weighted by Gasteiger charge is 2.35. The Bertz CT molecular complexity index is 872. The van der Waals surface area contributed by atoms with Crippen LogP contribution in [0.25, 0.3) is 0 Å². The molecule has 1 atom stereocenters. The number of rotatable bonds is 5. The number of primary amides is 1. The van der Waals surface area contributed by atoms with E-state index >= 15 is 0 Å². The molecule has 0 spiro atoms. The largest absolute Gasteiger partial charge is 0.417 e. The Morgan fingerprint density at radius 1 is 1.12 bits per heavy atom. The molecule has 0 heterocycles. The van der Waals surface area contributed by atoms with Gasteiger partial charge in [-0.3, -0.25) is 9.59 Å². The molecule has 0 fully saturated rings. The van der Waals surface area contributed by atoms with E-state index in [4.69, 9.17) is 11.0 Å². The van der Waals surface area contributed by atoms with E-state index in [2.05, 4.69) is 5.32 Å². The van der Waals surface area contributed by atoms with Gasteiger partial charge in [0.1, 0.15) is 6.04 Å². The Balaban J connectivity index is 2.28. The second kappa shape index (κ2) is 7.70. The lowest BCUT2D eigenvalue weighted by Gasteiger charge is -2.18. The standard InChI is InChI=1S/C18H14F3N3O2/c19-18(20,21)14-8-4-3-7-13(14)17(26)24-15(16(23)25)9-11-5-1-2-6-12(11)10-22/h1-8,15H,9H2,(H2,23,25)(H,24,26)/t15-/m1/s1. The van der Waals surface area contributed by atoms with Gasteiger partial charge in [0.15, 0.2) is 0 Å². The Morgan fingerprint density at radius 2 is 1.73 bits per heavy atom. The zero-order chi connectivity index (χ0) is 19.3. The summed E-state index contributed by atoms with van der Waals surface area (Å²) in [5, 5.41) is 11.3. The predicted octanol–water partition coefficient (Wildman–Crippen LogP) is 2.40. The topological polar surface area (TPSA) is 96.0 Å². The summed E-state index contributed by atoms with van der Waals surface area (Å²) in [7, 11) is 0. The molecule has 134 valence electrons. The van der Waals surface area contributed by atoms with E-state index in [0.717, 1.165) is 18.2 Å². The number of halogens is 3. The van der Waals surface area contributed by atoms with Gasteiger partial charge in [-0.15, -0.1) is 0 Å². The number of nitrogens with two attached hydrogens (primary N) is 1. The molecule has 0 saturated carbocycles. The molecule has 0 unspecified atom stereocenters. The van der Waals surface area contributed by atoms with Crippen molar-refractivity contribution in [2.45, 2.75) is 18.6 Å². The lowest BCUT2D eigenvalue weighted by Crippen LogP contribution is -2.46. The fourth-order valence-electron chi connectivity index (χ4n) is 2.41. The number of hydrogen-bond acceptors (Lipinski definition) is 3. The molecule has 0 aliphatic carbocycles. The van der Waals surface area contributed by atoms with Gasteiger partial charge in [0.25, 0.3) is 5.91 Å². The summed E-state index contributed by atoms with van der Waals surface area (Å²) in [6.07, 6.45) is -4.83. The molecule has 2 aromatic carbocycles. The molecule has 26 heavy (non-hydrogen) atoms. The first-order valence-corrected chi connectivity index (χ1v) is 7.48. The number of benzene rings is 2. The summed E-state index contributed by atoms with van der Waals surface area (Å²) in [6, 6.07) is 11.3. The molecule has 0 aromatic heterocycles. The van der Waals surface area contributed by atoms with E-state index in [9.17, 15) is 22.8 Å². The van der Waals surface area contributed by atoms with E-state index in [1.54, 1.807) is 18.2 Å². The maximum absolute atomic E-state index is 13.0. The van der Waals surface area contributed by atoms with Crippen molar-refractivity contribution >= 4 is 11.8 Å². The first kappa shape index (κ1) is 19.0. The maximum atomic E-state index is 13.0. The van der Waals surface area contributed by atoms with E-state index in [0.29, 0.717) is 5.56 Å². The van der Waals surface area contributed by atoms with Crippen LogP contribution in [0.4, 0.5) is 13.2 Å². The number of nitrogens with one attached hydrogen (secondary N) is 1. The fraction of sp³-hybridized carbons (Fsp3) is 0.167. The van der Waals surface area contributed by atoms with Crippen molar-refractivity contribution in [3.05, 3.63) is 70.8 Å². The van der Waals surface area contributed by atoms with E-state index in [-0.39, 0.29) is 12.0 Å². The van der Waals surface area contributed by atoms with Crippen molar-refractivity contribution in [3.63, 3.8) is 0 Å². The van der Waals surface area contributed by atoms with E-state index in [1.165, 1.54) is 12.1 Å². The second-order valence-corrected chi connectivity index (χ2v) is 5.44. The molecule has 2 aromatic rings. The minimum Gasteiger partial charge on any atom is -0.368 e. The van der Waals surface area contributed by atoms with Gasteiger partial charge in [0.2, 0.25) is 5.91 Å². The highest BCUT2D eigenvalue weighted by molar-refractivity contribution is 5.98. The zero-order valence-electron chi connectivity index (χ0n) is 13.4. The summed E-state index contributed by atoms with van der Waals surface area (Å²) in [5.41, 5.74) is 4.27. The van der Waals surface area contributed by atoms with Crippen LogP contribution in [0, 0.1) is 11.3 Å². The summed E-state index contributed by atoms with van der Waals surface area (Å²) in [4.78, 5) is 23.9. The van der Waals surface area contributed by atoms with Crippen LogP contribution < -0.4 is 11.1 Å². The molecule has 0 bridgehead atoms. The molecular formula is C18H14F3N3O2. The van der Waals surface area contributed by atoms with Gasteiger partial charge in [-0.1, -0.05) is 30.3 Å². The van der Waals surface area contributed by atoms with Crippen LogP contribution in [0.1, 0.15) is 27.0 Å².